The van der Waals surface area contributed by atoms with Crippen molar-refractivity contribution in [2.45, 2.75) is 96.8 Å². The molecule has 1 N–H and O–H groups in total. The number of carboxylic acids is 1. The second-order valence-corrected chi connectivity index (χ2v) is 6.42. The van der Waals surface area contributed by atoms with Gasteiger partial charge < -0.3 is 5.11 Å². The van der Waals surface area contributed by atoms with Gasteiger partial charge in [-0.05, 0) is 57.8 Å². The molecule has 2 nitrogen and oxygen atoms in total. The highest BCUT2D eigenvalue weighted by Crippen LogP contribution is 2.06. The van der Waals surface area contributed by atoms with Gasteiger partial charge in [-0.2, -0.15) is 0 Å². The Bertz CT molecular complexity index is 353. The van der Waals surface area contributed by atoms with E-state index in [1.54, 1.807) is 0 Å². The van der Waals surface area contributed by atoms with E-state index in [4.69, 9.17) is 5.11 Å². The molecular weight excluding hydrogens is 296 g/mol. The fourth-order valence-corrected chi connectivity index (χ4v) is 2.50. The third kappa shape index (κ3) is 20.7. The zero-order chi connectivity index (χ0) is 17.7. The van der Waals surface area contributed by atoms with E-state index < -0.39 is 5.97 Å². The van der Waals surface area contributed by atoms with Crippen molar-refractivity contribution in [1.29, 1.82) is 0 Å². The maximum absolute atomic E-state index is 10.4. The SMILES string of the molecule is CCCCCC/C=C/CCC/C=C/C/C=C/CCCCCC(=O)O. The van der Waals surface area contributed by atoms with Crippen LogP contribution in [0, 0.1) is 0 Å². The number of carbonyl (C=O) groups is 1. The van der Waals surface area contributed by atoms with Crippen LogP contribution >= 0.6 is 0 Å². The van der Waals surface area contributed by atoms with Gasteiger partial charge in [-0.3, -0.25) is 4.79 Å². The molecule has 0 aromatic carbocycles. The molecule has 138 valence electrons. The van der Waals surface area contributed by atoms with Crippen molar-refractivity contribution in [3.8, 4) is 0 Å². The van der Waals surface area contributed by atoms with Crippen LogP contribution in [0.3, 0.4) is 0 Å². The van der Waals surface area contributed by atoms with E-state index in [1.807, 2.05) is 0 Å². The number of hydrogen-bond acceptors (Lipinski definition) is 1. The topological polar surface area (TPSA) is 37.3 Å². The molecule has 0 aliphatic heterocycles. The van der Waals surface area contributed by atoms with Gasteiger partial charge in [-0.1, -0.05) is 69.1 Å². The Balaban J connectivity index is 3.27. The van der Waals surface area contributed by atoms with Gasteiger partial charge in [-0.25, -0.2) is 0 Å². The van der Waals surface area contributed by atoms with Gasteiger partial charge in [0.15, 0.2) is 0 Å². The highest BCUT2D eigenvalue weighted by Gasteiger charge is 1.94. The fraction of sp³-hybridized carbons (Fsp3) is 0.682. The van der Waals surface area contributed by atoms with Crippen LogP contribution in [0.5, 0.6) is 0 Å². The molecule has 24 heavy (non-hydrogen) atoms. The molecule has 0 radical (unpaired) electrons. The van der Waals surface area contributed by atoms with E-state index in [9.17, 15) is 4.79 Å². The summed E-state index contributed by atoms with van der Waals surface area (Å²) in [5.74, 6) is -0.682. The van der Waals surface area contributed by atoms with Crippen LogP contribution in [0.25, 0.3) is 0 Å². The molecule has 0 unspecified atom stereocenters. The molecule has 2 heteroatoms. The minimum Gasteiger partial charge on any atom is -0.481 e. The van der Waals surface area contributed by atoms with Crippen LogP contribution < -0.4 is 0 Å². The van der Waals surface area contributed by atoms with Crippen LogP contribution in [0.1, 0.15) is 96.8 Å². The van der Waals surface area contributed by atoms with Crippen molar-refractivity contribution < 1.29 is 9.90 Å². The van der Waals surface area contributed by atoms with Gasteiger partial charge in [0.1, 0.15) is 0 Å². The lowest BCUT2D eigenvalue weighted by Crippen LogP contribution is -1.93. The Hall–Kier alpha value is -1.31. The maximum Gasteiger partial charge on any atom is 0.303 e. The van der Waals surface area contributed by atoms with Crippen molar-refractivity contribution in [1.82, 2.24) is 0 Å². The molecule has 0 aromatic heterocycles. The first-order valence-corrected chi connectivity index (χ1v) is 9.94. The number of carboxylic acid groups (broad SMARTS) is 1. The number of hydrogen-bond donors (Lipinski definition) is 1. The predicted molar refractivity (Wildman–Crippen MR) is 105 cm³/mol. The molecule has 0 aliphatic rings. The molecule has 0 aliphatic carbocycles. The Morgan fingerprint density at radius 3 is 1.71 bits per heavy atom. The number of aliphatic carboxylic acids is 1. The first-order chi connectivity index (χ1) is 11.8. The minimum absolute atomic E-state index is 0.306. The van der Waals surface area contributed by atoms with Crippen LogP contribution in [0.4, 0.5) is 0 Å². The normalized spacial score (nSPS) is 12.0. The summed E-state index contributed by atoms with van der Waals surface area (Å²) in [6, 6.07) is 0. The van der Waals surface area contributed by atoms with E-state index >= 15 is 0 Å². The molecule has 0 amide bonds. The molecule has 0 rings (SSSR count). The fourth-order valence-electron chi connectivity index (χ4n) is 2.50. The zero-order valence-corrected chi connectivity index (χ0v) is 15.7. The largest absolute Gasteiger partial charge is 0.481 e. The Kier molecular flexibility index (Phi) is 18.7. The minimum atomic E-state index is -0.682. The second-order valence-electron chi connectivity index (χ2n) is 6.42. The van der Waals surface area contributed by atoms with Gasteiger partial charge in [0.05, 0.1) is 0 Å². The summed E-state index contributed by atoms with van der Waals surface area (Å²) in [6.07, 6.45) is 29.2. The highest BCUT2D eigenvalue weighted by atomic mass is 16.4. The highest BCUT2D eigenvalue weighted by molar-refractivity contribution is 5.66. The molecule has 0 heterocycles. The van der Waals surface area contributed by atoms with E-state index in [1.165, 1.54) is 51.4 Å². The summed E-state index contributed by atoms with van der Waals surface area (Å²) in [4.78, 5) is 10.4. The van der Waals surface area contributed by atoms with Crippen LogP contribution in [0.2, 0.25) is 0 Å². The van der Waals surface area contributed by atoms with E-state index in [-0.39, 0.29) is 0 Å². The van der Waals surface area contributed by atoms with Crippen molar-refractivity contribution >= 4 is 5.97 Å². The monoisotopic (exact) mass is 334 g/mol. The van der Waals surface area contributed by atoms with Crippen molar-refractivity contribution in [3.05, 3.63) is 36.5 Å². The van der Waals surface area contributed by atoms with Crippen LogP contribution in [-0.2, 0) is 4.79 Å². The van der Waals surface area contributed by atoms with Gasteiger partial charge in [0, 0.05) is 6.42 Å². The lowest BCUT2D eigenvalue weighted by Gasteiger charge is -1.95. The maximum atomic E-state index is 10.4. The first kappa shape index (κ1) is 22.7. The van der Waals surface area contributed by atoms with Crippen molar-refractivity contribution in [3.63, 3.8) is 0 Å². The second kappa shape index (κ2) is 19.7. The molecular formula is C22H38O2. The van der Waals surface area contributed by atoms with E-state index in [2.05, 4.69) is 43.4 Å². The summed E-state index contributed by atoms with van der Waals surface area (Å²) >= 11 is 0. The van der Waals surface area contributed by atoms with Crippen LogP contribution in [-0.4, -0.2) is 11.1 Å². The average molecular weight is 335 g/mol. The molecule has 0 saturated heterocycles. The third-order valence-electron chi connectivity index (χ3n) is 4.00. The Labute approximate surface area is 149 Å². The Morgan fingerprint density at radius 1 is 0.667 bits per heavy atom. The Morgan fingerprint density at radius 2 is 1.17 bits per heavy atom. The summed E-state index contributed by atoms with van der Waals surface area (Å²) in [5.41, 5.74) is 0. The van der Waals surface area contributed by atoms with Gasteiger partial charge in [0.2, 0.25) is 0 Å². The molecule has 0 bridgehead atoms. The lowest BCUT2D eigenvalue weighted by atomic mass is 10.1. The number of allylic oxidation sites excluding steroid dienone is 6. The van der Waals surface area contributed by atoms with E-state index in [0.29, 0.717) is 6.42 Å². The van der Waals surface area contributed by atoms with Crippen molar-refractivity contribution in [2.75, 3.05) is 0 Å². The summed E-state index contributed by atoms with van der Waals surface area (Å²) in [6.45, 7) is 2.25. The molecule has 0 fully saturated rings. The predicted octanol–water partition coefficient (Wildman–Crippen LogP) is 7.22. The van der Waals surface area contributed by atoms with Gasteiger partial charge in [-0.15, -0.1) is 0 Å². The quantitative estimate of drug-likeness (QED) is 0.225. The van der Waals surface area contributed by atoms with Gasteiger partial charge >= 0.3 is 5.97 Å². The summed E-state index contributed by atoms with van der Waals surface area (Å²) in [5, 5.41) is 8.53. The lowest BCUT2D eigenvalue weighted by molar-refractivity contribution is -0.137. The molecule has 0 aromatic rings. The van der Waals surface area contributed by atoms with Gasteiger partial charge in [0.25, 0.3) is 0 Å². The number of unbranched alkanes of at least 4 members (excludes halogenated alkanes) is 9. The summed E-state index contributed by atoms with van der Waals surface area (Å²) < 4.78 is 0. The summed E-state index contributed by atoms with van der Waals surface area (Å²) in [7, 11) is 0. The van der Waals surface area contributed by atoms with E-state index in [0.717, 1.165) is 32.1 Å². The zero-order valence-electron chi connectivity index (χ0n) is 15.7. The average Bonchev–Trinajstić information content (AvgIpc) is 2.56. The molecule has 0 saturated carbocycles. The number of rotatable bonds is 17. The molecule has 0 spiro atoms. The standard InChI is InChI=1S/C22H38O2/c1-2-3-4-5-6-7-8-9-10-11-12-13-14-15-16-17-18-19-20-21-22(23)24/h7-8,12-13,15-16H,2-6,9-11,14,17-21H2,1H3,(H,23,24)/b8-7+,13-12+,16-15+. The first-order valence-electron chi connectivity index (χ1n) is 9.94. The molecule has 0 atom stereocenters. The van der Waals surface area contributed by atoms with Crippen LogP contribution in [0.15, 0.2) is 36.5 Å². The van der Waals surface area contributed by atoms with Crippen molar-refractivity contribution in [2.24, 2.45) is 0 Å². The third-order valence-corrected chi connectivity index (χ3v) is 4.00. The smallest absolute Gasteiger partial charge is 0.303 e.